The lowest BCUT2D eigenvalue weighted by Crippen LogP contribution is -2.44. The van der Waals surface area contributed by atoms with Crippen LogP contribution in [0.2, 0.25) is 5.02 Å². The Hall–Kier alpha value is -2.74. The summed E-state index contributed by atoms with van der Waals surface area (Å²) in [6.07, 6.45) is -4.52. The quantitative estimate of drug-likeness (QED) is 0.715. The molecule has 9 heteroatoms. The number of amides is 3. The summed E-state index contributed by atoms with van der Waals surface area (Å²) in [5.74, 6) is -0.667. The molecule has 0 saturated carbocycles. The van der Waals surface area contributed by atoms with E-state index in [1.165, 1.54) is 18.2 Å². The van der Waals surface area contributed by atoms with Crippen LogP contribution >= 0.6 is 11.6 Å². The normalized spacial score (nSPS) is 10.8. The second-order valence-corrected chi connectivity index (χ2v) is 5.00. The van der Waals surface area contributed by atoms with E-state index in [-0.39, 0.29) is 16.3 Å². The third-order valence-electron chi connectivity index (χ3n) is 2.86. The third kappa shape index (κ3) is 4.63. The fourth-order valence-electron chi connectivity index (χ4n) is 1.76. The van der Waals surface area contributed by atoms with Crippen molar-refractivity contribution in [3.63, 3.8) is 0 Å². The number of hydrazine groups is 1. The highest BCUT2D eigenvalue weighted by Gasteiger charge is 2.30. The van der Waals surface area contributed by atoms with Crippen molar-refractivity contribution in [3.05, 3.63) is 64.7 Å². The van der Waals surface area contributed by atoms with Crippen LogP contribution in [0, 0.1) is 0 Å². The monoisotopic (exact) mass is 357 g/mol. The molecule has 0 aliphatic carbocycles. The average molecular weight is 358 g/mol. The van der Waals surface area contributed by atoms with Crippen molar-refractivity contribution in [2.24, 2.45) is 0 Å². The molecule has 3 amide bonds. The van der Waals surface area contributed by atoms with Crippen LogP contribution in [0.15, 0.2) is 48.5 Å². The number of halogens is 4. The zero-order valence-corrected chi connectivity index (χ0v) is 12.7. The minimum absolute atomic E-state index is 0.0747. The molecule has 2 aromatic carbocycles. The molecule has 0 aliphatic rings. The van der Waals surface area contributed by atoms with Gasteiger partial charge in [0, 0.05) is 5.69 Å². The number of benzene rings is 2. The van der Waals surface area contributed by atoms with E-state index in [2.05, 4.69) is 10.7 Å². The number of rotatable bonds is 2. The minimum atomic E-state index is -4.52. The van der Waals surface area contributed by atoms with Crippen LogP contribution < -0.4 is 16.2 Å². The van der Waals surface area contributed by atoms with Crippen molar-refractivity contribution in [2.75, 3.05) is 5.32 Å². The van der Waals surface area contributed by atoms with Gasteiger partial charge in [0.05, 0.1) is 16.1 Å². The molecule has 0 bridgehead atoms. The Morgan fingerprint density at radius 2 is 1.67 bits per heavy atom. The van der Waals surface area contributed by atoms with Crippen molar-refractivity contribution >= 4 is 29.2 Å². The van der Waals surface area contributed by atoms with E-state index in [0.717, 1.165) is 18.2 Å². The summed E-state index contributed by atoms with van der Waals surface area (Å²) in [6.45, 7) is 0. The summed E-state index contributed by atoms with van der Waals surface area (Å²) in [6, 6.07) is 9.35. The summed E-state index contributed by atoms with van der Waals surface area (Å²) < 4.78 is 37.8. The first kappa shape index (κ1) is 17.6. The van der Waals surface area contributed by atoms with E-state index in [0.29, 0.717) is 0 Å². The zero-order chi connectivity index (χ0) is 17.7. The average Bonchev–Trinajstić information content (AvgIpc) is 2.52. The molecule has 0 radical (unpaired) electrons. The Morgan fingerprint density at radius 3 is 2.33 bits per heavy atom. The lowest BCUT2D eigenvalue weighted by Gasteiger charge is -2.11. The van der Waals surface area contributed by atoms with Gasteiger partial charge in [-0.25, -0.2) is 10.2 Å². The summed E-state index contributed by atoms with van der Waals surface area (Å²) in [4.78, 5) is 23.5. The molecule has 0 spiro atoms. The van der Waals surface area contributed by atoms with Gasteiger partial charge >= 0.3 is 12.2 Å². The molecule has 24 heavy (non-hydrogen) atoms. The number of carbonyl (C=O) groups is 2. The minimum Gasteiger partial charge on any atom is -0.307 e. The molecule has 126 valence electrons. The smallest absolute Gasteiger partial charge is 0.307 e. The fourth-order valence-corrected chi connectivity index (χ4v) is 1.98. The SMILES string of the molecule is O=C(NNC(=O)c1ccccc1Cl)Nc1cccc(C(F)(F)F)c1. The summed E-state index contributed by atoms with van der Waals surface area (Å²) in [5, 5.41) is 2.37. The predicted octanol–water partition coefficient (Wildman–Crippen LogP) is 3.83. The molecule has 0 heterocycles. The standard InChI is InChI=1S/C15H11ClF3N3O2/c16-12-7-2-1-6-11(12)13(23)21-22-14(24)20-10-5-3-4-9(8-10)15(17,18)19/h1-8H,(H,21,23)(H2,20,22,24). The Kier molecular flexibility index (Phi) is 5.30. The molecule has 2 aromatic rings. The molecule has 3 N–H and O–H groups in total. The van der Waals surface area contributed by atoms with E-state index in [4.69, 9.17) is 11.6 Å². The first-order valence-electron chi connectivity index (χ1n) is 6.56. The van der Waals surface area contributed by atoms with Crippen molar-refractivity contribution in [1.82, 2.24) is 10.9 Å². The number of urea groups is 1. The molecule has 0 aliphatic heterocycles. The molecule has 0 saturated heterocycles. The first-order chi connectivity index (χ1) is 11.3. The van der Waals surface area contributed by atoms with Crippen LogP contribution in [0.3, 0.4) is 0 Å². The second-order valence-electron chi connectivity index (χ2n) is 4.59. The van der Waals surface area contributed by atoms with Gasteiger partial charge in [0.1, 0.15) is 0 Å². The van der Waals surface area contributed by atoms with E-state index < -0.39 is 23.7 Å². The molecule has 0 unspecified atom stereocenters. The highest BCUT2D eigenvalue weighted by atomic mass is 35.5. The maximum Gasteiger partial charge on any atom is 0.416 e. The van der Waals surface area contributed by atoms with Crippen LogP contribution in [-0.4, -0.2) is 11.9 Å². The van der Waals surface area contributed by atoms with Gasteiger partial charge in [0.25, 0.3) is 5.91 Å². The van der Waals surface area contributed by atoms with Crippen LogP contribution in [-0.2, 0) is 6.18 Å². The Balaban J connectivity index is 1.95. The summed E-state index contributed by atoms with van der Waals surface area (Å²) in [7, 11) is 0. The van der Waals surface area contributed by atoms with E-state index in [9.17, 15) is 22.8 Å². The number of hydrogen-bond donors (Lipinski definition) is 3. The number of hydrogen-bond acceptors (Lipinski definition) is 2. The third-order valence-corrected chi connectivity index (χ3v) is 3.19. The maximum atomic E-state index is 12.6. The van der Waals surface area contributed by atoms with Gasteiger partial charge in [-0.3, -0.25) is 10.2 Å². The first-order valence-corrected chi connectivity index (χ1v) is 6.94. The van der Waals surface area contributed by atoms with Crippen molar-refractivity contribution in [2.45, 2.75) is 6.18 Å². The van der Waals surface area contributed by atoms with Gasteiger partial charge in [-0.05, 0) is 30.3 Å². The lowest BCUT2D eigenvalue weighted by molar-refractivity contribution is -0.137. The number of anilines is 1. The van der Waals surface area contributed by atoms with Gasteiger partial charge in [0.2, 0.25) is 0 Å². The second kappa shape index (κ2) is 7.22. The highest BCUT2D eigenvalue weighted by Crippen LogP contribution is 2.30. The molecule has 0 aromatic heterocycles. The van der Waals surface area contributed by atoms with Gasteiger partial charge in [-0.1, -0.05) is 29.8 Å². The lowest BCUT2D eigenvalue weighted by atomic mass is 10.2. The predicted molar refractivity (Wildman–Crippen MR) is 82.5 cm³/mol. The Labute approximate surface area is 139 Å². The highest BCUT2D eigenvalue weighted by molar-refractivity contribution is 6.33. The topological polar surface area (TPSA) is 70.2 Å². The zero-order valence-electron chi connectivity index (χ0n) is 11.9. The molecule has 2 rings (SSSR count). The molecular formula is C15H11ClF3N3O2. The van der Waals surface area contributed by atoms with Gasteiger partial charge < -0.3 is 5.32 Å². The number of carbonyl (C=O) groups excluding carboxylic acids is 2. The number of nitrogens with one attached hydrogen (secondary N) is 3. The molecule has 0 atom stereocenters. The largest absolute Gasteiger partial charge is 0.416 e. The fraction of sp³-hybridized carbons (Fsp3) is 0.0667. The number of alkyl halides is 3. The summed E-state index contributed by atoms with van der Waals surface area (Å²) in [5.41, 5.74) is 3.28. The summed E-state index contributed by atoms with van der Waals surface area (Å²) >= 11 is 5.83. The van der Waals surface area contributed by atoms with Crippen molar-refractivity contribution < 1.29 is 22.8 Å². The van der Waals surface area contributed by atoms with Crippen LogP contribution in [0.1, 0.15) is 15.9 Å². The van der Waals surface area contributed by atoms with Crippen molar-refractivity contribution in [1.29, 1.82) is 0 Å². The van der Waals surface area contributed by atoms with E-state index in [1.807, 2.05) is 5.43 Å². The van der Waals surface area contributed by atoms with Crippen molar-refractivity contribution in [3.8, 4) is 0 Å². The molecule has 0 fully saturated rings. The maximum absolute atomic E-state index is 12.6. The van der Waals surface area contributed by atoms with Crippen LogP contribution in [0.5, 0.6) is 0 Å². The van der Waals surface area contributed by atoms with Crippen LogP contribution in [0.25, 0.3) is 0 Å². The van der Waals surface area contributed by atoms with E-state index >= 15 is 0 Å². The van der Waals surface area contributed by atoms with Crippen LogP contribution in [0.4, 0.5) is 23.7 Å². The Morgan fingerprint density at radius 1 is 0.958 bits per heavy atom. The Bertz CT molecular complexity index is 766. The van der Waals surface area contributed by atoms with E-state index in [1.54, 1.807) is 12.1 Å². The molecule has 5 nitrogen and oxygen atoms in total. The van der Waals surface area contributed by atoms with Gasteiger partial charge in [0.15, 0.2) is 0 Å². The van der Waals surface area contributed by atoms with Gasteiger partial charge in [-0.15, -0.1) is 0 Å². The van der Waals surface area contributed by atoms with Gasteiger partial charge in [-0.2, -0.15) is 13.2 Å². The molecular weight excluding hydrogens is 347 g/mol.